The van der Waals surface area contributed by atoms with Gasteiger partial charge in [-0.05, 0) is 43.5 Å². The predicted molar refractivity (Wildman–Crippen MR) is 67.5 cm³/mol. The van der Waals surface area contributed by atoms with E-state index in [4.69, 9.17) is 10.5 Å². The van der Waals surface area contributed by atoms with E-state index in [0.717, 1.165) is 42.7 Å². The second-order valence-electron chi connectivity index (χ2n) is 4.71. The summed E-state index contributed by atoms with van der Waals surface area (Å²) >= 11 is 0. The Morgan fingerprint density at radius 3 is 3.12 bits per heavy atom. The average molecular weight is 233 g/mol. The normalized spacial score (nSPS) is 15.2. The van der Waals surface area contributed by atoms with E-state index in [0.29, 0.717) is 6.42 Å². The molecule has 1 aromatic rings. The van der Waals surface area contributed by atoms with Gasteiger partial charge in [-0.1, -0.05) is 0 Å². The van der Waals surface area contributed by atoms with Crippen LogP contribution in [0.25, 0.3) is 0 Å². The number of ketones is 1. The van der Waals surface area contributed by atoms with Gasteiger partial charge in [0.25, 0.3) is 0 Å². The number of rotatable bonds is 5. The SMILES string of the molecule is CC(N)CCCC(=O)c1ccc2c(c1)CCO2. The summed E-state index contributed by atoms with van der Waals surface area (Å²) in [7, 11) is 0. The molecule has 17 heavy (non-hydrogen) atoms. The molecule has 2 N–H and O–H groups in total. The maximum atomic E-state index is 11.9. The van der Waals surface area contributed by atoms with Crippen molar-refractivity contribution in [1.29, 1.82) is 0 Å². The summed E-state index contributed by atoms with van der Waals surface area (Å²) in [6.07, 6.45) is 3.27. The summed E-state index contributed by atoms with van der Waals surface area (Å²) < 4.78 is 5.42. The van der Waals surface area contributed by atoms with E-state index >= 15 is 0 Å². The molecule has 3 heteroatoms. The van der Waals surface area contributed by atoms with Crippen LogP contribution in [-0.2, 0) is 6.42 Å². The van der Waals surface area contributed by atoms with Crippen LogP contribution in [0.5, 0.6) is 5.75 Å². The molecule has 0 fully saturated rings. The van der Waals surface area contributed by atoms with Crippen molar-refractivity contribution in [3.8, 4) is 5.75 Å². The second-order valence-corrected chi connectivity index (χ2v) is 4.71. The minimum Gasteiger partial charge on any atom is -0.493 e. The second kappa shape index (κ2) is 5.32. The van der Waals surface area contributed by atoms with Crippen LogP contribution in [0.15, 0.2) is 18.2 Å². The van der Waals surface area contributed by atoms with Crippen LogP contribution in [0.3, 0.4) is 0 Å². The molecule has 0 aromatic heterocycles. The highest BCUT2D eigenvalue weighted by Crippen LogP contribution is 2.26. The zero-order chi connectivity index (χ0) is 12.3. The van der Waals surface area contributed by atoms with Crippen LogP contribution >= 0.6 is 0 Å². The maximum absolute atomic E-state index is 11.9. The van der Waals surface area contributed by atoms with Gasteiger partial charge in [-0.15, -0.1) is 0 Å². The van der Waals surface area contributed by atoms with Gasteiger partial charge in [-0.25, -0.2) is 0 Å². The summed E-state index contributed by atoms with van der Waals surface area (Å²) in [5, 5.41) is 0. The maximum Gasteiger partial charge on any atom is 0.162 e. The molecule has 1 aliphatic rings. The Bertz CT molecular complexity index is 413. The Balaban J connectivity index is 1.95. The Morgan fingerprint density at radius 2 is 2.35 bits per heavy atom. The monoisotopic (exact) mass is 233 g/mol. The van der Waals surface area contributed by atoms with Gasteiger partial charge < -0.3 is 10.5 Å². The summed E-state index contributed by atoms with van der Waals surface area (Å²) in [6, 6.07) is 5.91. The van der Waals surface area contributed by atoms with E-state index < -0.39 is 0 Å². The fraction of sp³-hybridized carbons (Fsp3) is 0.500. The highest BCUT2D eigenvalue weighted by atomic mass is 16.5. The van der Waals surface area contributed by atoms with E-state index in [-0.39, 0.29) is 11.8 Å². The number of fused-ring (bicyclic) bond motifs is 1. The number of benzene rings is 1. The molecule has 1 atom stereocenters. The predicted octanol–water partition coefficient (Wildman–Crippen LogP) is 2.32. The molecule has 3 nitrogen and oxygen atoms in total. The van der Waals surface area contributed by atoms with E-state index in [9.17, 15) is 4.79 Å². The highest BCUT2D eigenvalue weighted by Gasteiger charge is 2.14. The standard InChI is InChI=1S/C14H19NO2/c1-10(15)3-2-4-13(16)11-5-6-14-12(9-11)7-8-17-14/h5-6,9-10H,2-4,7-8,15H2,1H3. The smallest absolute Gasteiger partial charge is 0.162 e. The fourth-order valence-corrected chi connectivity index (χ4v) is 2.09. The summed E-state index contributed by atoms with van der Waals surface area (Å²) in [5.74, 6) is 1.14. The summed E-state index contributed by atoms with van der Waals surface area (Å²) in [6.45, 7) is 2.70. The molecule has 1 aliphatic heterocycles. The van der Waals surface area contributed by atoms with Crippen LogP contribution in [0, 0.1) is 0 Å². The van der Waals surface area contributed by atoms with Gasteiger partial charge in [0, 0.05) is 24.4 Å². The molecule has 1 heterocycles. The van der Waals surface area contributed by atoms with E-state index in [1.807, 2.05) is 25.1 Å². The summed E-state index contributed by atoms with van der Waals surface area (Å²) in [4.78, 5) is 11.9. The molecule has 0 aliphatic carbocycles. The first-order chi connectivity index (χ1) is 8.16. The molecule has 0 bridgehead atoms. The first-order valence-electron chi connectivity index (χ1n) is 6.21. The largest absolute Gasteiger partial charge is 0.493 e. The molecule has 92 valence electrons. The molecule has 1 unspecified atom stereocenters. The average Bonchev–Trinajstić information content (AvgIpc) is 2.75. The zero-order valence-corrected chi connectivity index (χ0v) is 10.2. The molecule has 0 saturated carbocycles. The van der Waals surface area contributed by atoms with E-state index in [1.54, 1.807) is 0 Å². The lowest BCUT2D eigenvalue weighted by atomic mass is 10.0. The highest BCUT2D eigenvalue weighted by molar-refractivity contribution is 5.96. The number of ether oxygens (including phenoxy) is 1. The molecule has 2 rings (SSSR count). The molecule has 0 amide bonds. The summed E-state index contributed by atoms with van der Waals surface area (Å²) in [5.41, 5.74) is 7.62. The molecule has 1 aromatic carbocycles. The van der Waals surface area contributed by atoms with E-state index in [1.165, 1.54) is 0 Å². The van der Waals surface area contributed by atoms with Crippen molar-refractivity contribution < 1.29 is 9.53 Å². The number of hydrogen-bond donors (Lipinski definition) is 1. The van der Waals surface area contributed by atoms with Crippen molar-refractivity contribution in [2.45, 2.75) is 38.6 Å². The number of carbonyl (C=O) groups is 1. The molecule has 0 spiro atoms. The van der Waals surface area contributed by atoms with Crippen LogP contribution < -0.4 is 10.5 Å². The minimum absolute atomic E-state index is 0.177. The number of Topliss-reactive ketones (excluding diaryl/α,β-unsaturated/α-hetero) is 1. The van der Waals surface area contributed by atoms with Crippen molar-refractivity contribution in [2.75, 3.05) is 6.61 Å². The zero-order valence-electron chi connectivity index (χ0n) is 10.2. The molecule has 0 saturated heterocycles. The van der Waals surface area contributed by atoms with Gasteiger partial charge in [-0.2, -0.15) is 0 Å². The Morgan fingerprint density at radius 1 is 1.53 bits per heavy atom. The lowest BCUT2D eigenvalue weighted by Gasteiger charge is -2.05. The van der Waals surface area contributed by atoms with Gasteiger partial charge >= 0.3 is 0 Å². The van der Waals surface area contributed by atoms with Gasteiger partial charge in [0.2, 0.25) is 0 Å². The Kier molecular flexibility index (Phi) is 3.79. The van der Waals surface area contributed by atoms with Crippen molar-refractivity contribution in [3.63, 3.8) is 0 Å². The molecular formula is C14H19NO2. The number of hydrogen-bond acceptors (Lipinski definition) is 3. The lowest BCUT2D eigenvalue weighted by Crippen LogP contribution is -2.14. The van der Waals surface area contributed by atoms with Crippen molar-refractivity contribution in [3.05, 3.63) is 29.3 Å². The van der Waals surface area contributed by atoms with Gasteiger partial charge in [0.15, 0.2) is 5.78 Å². The van der Waals surface area contributed by atoms with E-state index in [2.05, 4.69) is 0 Å². The van der Waals surface area contributed by atoms with Gasteiger partial charge in [0.05, 0.1) is 6.61 Å². The van der Waals surface area contributed by atoms with Crippen molar-refractivity contribution in [1.82, 2.24) is 0 Å². The first kappa shape index (κ1) is 12.1. The van der Waals surface area contributed by atoms with Crippen molar-refractivity contribution in [2.24, 2.45) is 5.73 Å². The van der Waals surface area contributed by atoms with Crippen molar-refractivity contribution >= 4 is 5.78 Å². The Hall–Kier alpha value is -1.35. The molecular weight excluding hydrogens is 214 g/mol. The van der Waals surface area contributed by atoms with Gasteiger partial charge in [-0.3, -0.25) is 4.79 Å². The third kappa shape index (κ3) is 3.07. The fourth-order valence-electron chi connectivity index (χ4n) is 2.09. The molecule has 0 radical (unpaired) electrons. The Labute approximate surface area is 102 Å². The van der Waals surface area contributed by atoms with Crippen LogP contribution in [0.1, 0.15) is 42.1 Å². The van der Waals surface area contributed by atoms with Crippen LogP contribution in [-0.4, -0.2) is 18.4 Å². The lowest BCUT2D eigenvalue weighted by molar-refractivity contribution is 0.0979. The number of nitrogens with two attached hydrogens (primary N) is 1. The van der Waals surface area contributed by atoms with Gasteiger partial charge in [0.1, 0.15) is 5.75 Å². The van der Waals surface area contributed by atoms with Crippen LogP contribution in [0.2, 0.25) is 0 Å². The topological polar surface area (TPSA) is 52.3 Å². The third-order valence-corrected chi connectivity index (χ3v) is 3.07. The quantitative estimate of drug-likeness (QED) is 0.794. The minimum atomic E-state index is 0.177. The first-order valence-corrected chi connectivity index (χ1v) is 6.21. The number of carbonyl (C=O) groups excluding carboxylic acids is 1. The van der Waals surface area contributed by atoms with Crippen LogP contribution in [0.4, 0.5) is 0 Å². The third-order valence-electron chi connectivity index (χ3n) is 3.07.